The van der Waals surface area contributed by atoms with Gasteiger partial charge in [-0.2, -0.15) is 0 Å². The van der Waals surface area contributed by atoms with Crippen LogP contribution in [0.15, 0.2) is 55.0 Å². The fourth-order valence-corrected chi connectivity index (χ4v) is 1.70. The summed E-state index contributed by atoms with van der Waals surface area (Å²) in [5.41, 5.74) is 2.56. The number of hydrogen-bond donors (Lipinski definition) is 1. The Morgan fingerprint density at radius 1 is 1.37 bits per heavy atom. The van der Waals surface area contributed by atoms with Gasteiger partial charge in [0.1, 0.15) is 0 Å². The second kappa shape index (κ2) is 6.00. The molecule has 0 fully saturated rings. The number of carbonyl (C=O) groups is 1. The Morgan fingerprint density at radius 3 is 2.79 bits per heavy atom. The normalized spacial score (nSPS) is 10.2. The first-order valence-corrected chi connectivity index (χ1v) is 6.13. The topological polar surface area (TPSA) is 46.9 Å². The van der Waals surface area contributed by atoms with E-state index in [1.165, 1.54) is 5.56 Å². The van der Waals surface area contributed by atoms with Crippen molar-refractivity contribution in [2.75, 3.05) is 0 Å². The van der Waals surface area contributed by atoms with Gasteiger partial charge in [0.2, 0.25) is 5.91 Å². The van der Waals surface area contributed by atoms with E-state index in [9.17, 15) is 4.79 Å². The number of carbonyl (C=O) groups excluding carboxylic acids is 1. The highest BCUT2D eigenvalue weighted by molar-refractivity contribution is 5.91. The van der Waals surface area contributed by atoms with Crippen molar-refractivity contribution >= 4 is 5.91 Å². The molecule has 0 aliphatic rings. The van der Waals surface area contributed by atoms with E-state index in [0.29, 0.717) is 12.1 Å². The maximum Gasteiger partial charge on any atom is 0.246 e. The lowest BCUT2D eigenvalue weighted by atomic mass is 10.2. The summed E-state index contributed by atoms with van der Waals surface area (Å²) in [6, 6.07) is 10.2. The molecular weight excluding hydrogens is 238 g/mol. The summed E-state index contributed by atoms with van der Waals surface area (Å²) in [6.45, 7) is 6.48. The van der Waals surface area contributed by atoms with Gasteiger partial charge in [-0.25, -0.2) is 4.98 Å². The lowest BCUT2D eigenvalue weighted by molar-refractivity contribution is -0.117. The number of aromatic nitrogens is 2. The fourth-order valence-electron chi connectivity index (χ4n) is 1.70. The molecule has 1 N–H and O–H groups in total. The molecule has 0 saturated carbocycles. The molecule has 98 valence electrons. The summed E-state index contributed by atoms with van der Waals surface area (Å²) in [5, 5.41) is 2.76. The SMILES string of the molecule is C=C(C)C(=O)NCc1cn(Cc2ccccc2)cn1. The number of imidazole rings is 1. The van der Waals surface area contributed by atoms with Crippen LogP contribution in [-0.2, 0) is 17.9 Å². The molecule has 2 rings (SSSR count). The van der Waals surface area contributed by atoms with Crippen LogP contribution in [0, 0.1) is 0 Å². The predicted molar refractivity (Wildman–Crippen MR) is 74.4 cm³/mol. The van der Waals surface area contributed by atoms with Crippen LogP contribution in [0.3, 0.4) is 0 Å². The van der Waals surface area contributed by atoms with E-state index in [-0.39, 0.29) is 5.91 Å². The summed E-state index contributed by atoms with van der Waals surface area (Å²) in [7, 11) is 0. The Balaban J connectivity index is 1.92. The van der Waals surface area contributed by atoms with Crippen molar-refractivity contribution in [1.82, 2.24) is 14.9 Å². The lowest BCUT2D eigenvalue weighted by Gasteiger charge is -2.02. The molecule has 1 aromatic heterocycles. The van der Waals surface area contributed by atoms with Crippen LogP contribution >= 0.6 is 0 Å². The molecule has 0 atom stereocenters. The van der Waals surface area contributed by atoms with E-state index in [1.54, 1.807) is 13.3 Å². The second-order valence-electron chi connectivity index (χ2n) is 4.49. The van der Waals surface area contributed by atoms with Gasteiger partial charge in [-0.15, -0.1) is 0 Å². The van der Waals surface area contributed by atoms with Gasteiger partial charge in [0.25, 0.3) is 0 Å². The third kappa shape index (κ3) is 3.81. The zero-order valence-corrected chi connectivity index (χ0v) is 11.0. The first kappa shape index (κ1) is 13.1. The van der Waals surface area contributed by atoms with Crippen LogP contribution in [0.5, 0.6) is 0 Å². The molecule has 0 spiro atoms. The summed E-state index contributed by atoms with van der Waals surface area (Å²) in [4.78, 5) is 15.6. The van der Waals surface area contributed by atoms with E-state index < -0.39 is 0 Å². The van der Waals surface area contributed by atoms with Crippen LogP contribution < -0.4 is 5.32 Å². The summed E-state index contributed by atoms with van der Waals surface area (Å²) in [5.74, 6) is -0.141. The molecule has 0 radical (unpaired) electrons. The number of benzene rings is 1. The van der Waals surface area contributed by atoms with Crippen molar-refractivity contribution in [3.8, 4) is 0 Å². The first-order valence-electron chi connectivity index (χ1n) is 6.13. The highest BCUT2D eigenvalue weighted by Crippen LogP contribution is 2.04. The maximum absolute atomic E-state index is 11.4. The zero-order chi connectivity index (χ0) is 13.7. The molecule has 1 heterocycles. The third-order valence-electron chi connectivity index (χ3n) is 2.71. The van der Waals surface area contributed by atoms with E-state index in [0.717, 1.165) is 12.2 Å². The molecule has 0 aliphatic heterocycles. The molecule has 0 unspecified atom stereocenters. The Morgan fingerprint density at radius 2 is 2.11 bits per heavy atom. The van der Waals surface area contributed by atoms with Crippen LogP contribution in [0.25, 0.3) is 0 Å². The van der Waals surface area contributed by atoms with Crippen molar-refractivity contribution in [1.29, 1.82) is 0 Å². The van der Waals surface area contributed by atoms with Gasteiger partial charge in [0, 0.05) is 18.3 Å². The second-order valence-corrected chi connectivity index (χ2v) is 4.49. The number of nitrogens with one attached hydrogen (secondary N) is 1. The molecule has 19 heavy (non-hydrogen) atoms. The Kier molecular flexibility index (Phi) is 4.13. The van der Waals surface area contributed by atoms with E-state index >= 15 is 0 Å². The molecule has 0 bridgehead atoms. The summed E-state index contributed by atoms with van der Waals surface area (Å²) in [6.07, 6.45) is 3.71. The average Bonchev–Trinajstić information content (AvgIpc) is 2.84. The minimum Gasteiger partial charge on any atom is -0.347 e. The van der Waals surface area contributed by atoms with E-state index in [1.807, 2.05) is 29.0 Å². The minimum absolute atomic E-state index is 0.141. The van der Waals surface area contributed by atoms with Crippen LogP contribution in [0.4, 0.5) is 0 Å². The van der Waals surface area contributed by atoms with Gasteiger partial charge in [0.05, 0.1) is 18.6 Å². The van der Waals surface area contributed by atoms with Crippen molar-refractivity contribution in [2.24, 2.45) is 0 Å². The van der Waals surface area contributed by atoms with Crippen molar-refractivity contribution < 1.29 is 4.79 Å². The van der Waals surface area contributed by atoms with Crippen molar-refractivity contribution in [2.45, 2.75) is 20.0 Å². The highest BCUT2D eigenvalue weighted by Gasteiger charge is 2.03. The van der Waals surface area contributed by atoms with Gasteiger partial charge < -0.3 is 9.88 Å². The Labute approximate surface area is 112 Å². The maximum atomic E-state index is 11.4. The van der Waals surface area contributed by atoms with Crippen LogP contribution in [0.1, 0.15) is 18.2 Å². The lowest BCUT2D eigenvalue weighted by Crippen LogP contribution is -2.23. The van der Waals surface area contributed by atoms with E-state index in [2.05, 4.69) is 29.0 Å². The largest absolute Gasteiger partial charge is 0.347 e. The molecule has 4 heteroatoms. The number of hydrogen-bond acceptors (Lipinski definition) is 2. The monoisotopic (exact) mass is 255 g/mol. The molecule has 2 aromatic rings. The van der Waals surface area contributed by atoms with Gasteiger partial charge in [0.15, 0.2) is 0 Å². The average molecular weight is 255 g/mol. The molecule has 4 nitrogen and oxygen atoms in total. The third-order valence-corrected chi connectivity index (χ3v) is 2.71. The first-order chi connectivity index (χ1) is 9.15. The molecule has 1 aromatic carbocycles. The zero-order valence-electron chi connectivity index (χ0n) is 11.0. The minimum atomic E-state index is -0.141. The molecule has 1 amide bonds. The van der Waals surface area contributed by atoms with Crippen molar-refractivity contribution in [3.63, 3.8) is 0 Å². The number of nitrogens with zero attached hydrogens (tertiary/aromatic N) is 2. The quantitative estimate of drug-likeness (QED) is 0.832. The standard InChI is InChI=1S/C15H17N3O/c1-12(2)15(19)16-8-14-10-18(11-17-14)9-13-6-4-3-5-7-13/h3-7,10-11H,1,8-9H2,2H3,(H,16,19). The van der Waals surface area contributed by atoms with Gasteiger partial charge in [-0.05, 0) is 12.5 Å². The smallest absolute Gasteiger partial charge is 0.246 e. The van der Waals surface area contributed by atoms with Gasteiger partial charge in [-0.3, -0.25) is 4.79 Å². The number of rotatable bonds is 5. The Bertz CT molecular complexity index is 572. The molecular formula is C15H17N3O. The summed E-state index contributed by atoms with van der Waals surface area (Å²) < 4.78 is 2.00. The van der Waals surface area contributed by atoms with Crippen LogP contribution in [-0.4, -0.2) is 15.5 Å². The van der Waals surface area contributed by atoms with Crippen molar-refractivity contribution in [3.05, 3.63) is 66.3 Å². The molecule has 0 saturated heterocycles. The molecule has 0 aliphatic carbocycles. The van der Waals surface area contributed by atoms with E-state index in [4.69, 9.17) is 0 Å². The predicted octanol–water partition coefficient (Wildman–Crippen LogP) is 2.12. The fraction of sp³-hybridized carbons (Fsp3) is 0.200. The van der Waals surface area contributed by atoms with Crippen LogP contribution in [0.2, 0.25) is 0 Å². The van der Waals surface area contributed by atoms with Gasteiger partial charge >= 0.3 is 0 Å². The summed E-state index contributed by atoms with van der Waals surface area (Å²) >= 11 is 0. The number of amides is 1. The highest BCUT2D eigenvalue weighted by atomic mass is 16.1. The Hall–Kier alpha value is -2.36. The van der Waals surface area contributed by atoms with Gasteiger partial charge in [-0.1, -0.05) is 36.9 Å².